The molecule has 3 N–H and O–H groups in total. The maximum Gasteiger partial charge on any atom is 0.0317 e. The Hall–Kier alpha value is -1.06. The predicted molar refractivity (Wildman–Crippen MR) is 77.4 cm³/mol. The number of hydrogen-bond donors (Lipinski definition) is 2. The third-order valence-corrected chi connectivity index (χ3v) is 3.73. The van der Waals surface area contributed by atoms with Crippen LogP contribution in [0.25, 0.3) is 0 Å². The molecule has 0 radical (unpaired) electrons. The Morgan fingerprint density at radius 2 is 2.33 bits per heavy atom. The second-order valence-electron chi connectivity index (χ2n) is 5.48. The van der Waals surface area contributed by atoms with Crippen molar-refractivity contribution >= 4 is 5.69 Å². The van der Waals surface area contributed by atoms with Crippen molar-refractivity contribution in [3.05, 3.63) is 29.8 Å². The number of anilines is 1. The first-order valence-electron chi connectivity index (χ1n) is 6.98. The monoisotopic (exact) mass is 247 g/mol. The quantitative estimate of drug-likeness (QED) is 0.618. The van der Waals surface area contributed by atoms with Gasteiger partial charge in [0.15, 0.2) is 0 Å². The van der Waals surface area contributed by atoms with Gasteiger partial charge in [0.05, 0.1) is 0 Å². The van der Waals surface area contributed by atoms with Gasteiger partial charge in [0.1, 0.15) is 0 Å². The zero-order valence-corrected chi connectivity index (χ0v) is 11.4. The number of rotatable bonds is 5. The SMILES string of the molecule is CN1CCCC(CCNCc2cccc(N)c2)C1. The molecular formula is C15H25N3. The van der Waals surface area contributed by atoms with E-state index in [1.807, 2.05) is 18.2 Å². The standard InChI is InChI=1S/C15H25N3/c1-18-9-3-5-13(12-18)7-8-17-11-14-4-2-6-15(16)10-14/h2,4,6,10,13,17H,3,5,7-9,11-12,16H2,1H3. The predicted octanol–water partition coefficient (Wildman–Crippen LogP) is 2.09. The van der Waals surface area contributed by atoms with Crippen LogP contribution in [0.1, 0.15) is 24.8 Å². The summed E-state index contributed by atoms with van der Waals surface area (Å²) in [6.45, 7) is 4.56. The Bertz CT molecular complexity index is 365. The van der Waals surface area contributed by atoms with E-state index in [2.05, 4.69) is 23.3 Å². The molecule has 0 bridgehead atoms. The number of piperidine rings is 1. The second-order valence-corrected chi connectivity index (χ2v) is 5.48. The van der Waals surface area contributed by atoms with Gasteiger partial charge in [-0.25, -0.2) is 0 Å². The molecule has 0 spiro atoms. The van der Waals surface area contributed by atoms with Crippen LogP contribution in [0.15, 0.2) is 24.3 Å². The minimum Gasteiger partial charge on any atom is -0.399 e. The van der Waals surface area contributed by atoms with E-state index in [4.69, 9.17) is 5.73 Å². The van der Waals surface area contributed by atoms with E-state index in [0.717, 1.165) is 24.7 Å². The molecule has 3 nitrogen and oxygen atoms in total. The van der Waals surface area contributed by atoms with Crippen LogP contribution in [-0.4, -0.2) is 31.6 Å². The van der Waals surface area contributed by atoms with Crippen molar-refractivity contribution in [2.45, 2.75) is 25.8 Å². The number of hydrogen-bond acceptors (Lipinski definition) is 3. The fourth-order valence-corrected chi connectivity index (χ4v) is 2.75. The van der Waals surface area contributed by atoms with Crippen molar-refractivity contribution in [3.8, 4) is 0 Å². The van der Waals surface area contributed by atoms with Crippen molar-refractivity contribution in [1.82, 2.24) is 10.2 Å². The molecule has 0 aliphatic carbocycles. The Kier molecular flexibility index (Phi) is 5.02. The van der Waals surface area contributed by atoms with Crippen LogP contribution in [0.3, 0.4) is 0 Å². The van der Waals surface area contributed by atoms with E-state index in [1.165, 1.54) is 37.9 Å². The highest BCUT2D eigenvalue weighted by Crippen LogP contribution is 2.17. The topological polar surface area (TPSA) is 41.3 Å². The summed E-state index contributed by atoms with van der Waals surface area (Å²) >= 11 is 0. The molecular weight excluding hydrogens is 222 g/mol. The molecule has 1 atom stereocenters. The van der Waals surface area contributed by atoms with Gasteiger partial charge < -0.3 is 16.0 Å². The Balaban J connectivity index is 1.64. The minimum atomic E-state index is 0.850. The molecule has 3 heteroatoms. The molecule has 1 unspecified atom stereocenters. The summed E-state index contributed by atoms with van der Waals surface area (Å²) < 4.78 is 0. The summed E-state index contributed by atoms with van der Waals surface area (Å²) in [6.07, 6.45) is 4.04. The van der Waals surface area contributed by atoms with Crippen LogP contribution in [0.5, 0.6) is 0 Å². The summed E-state index contributed by atoms with van der Waals surface area (Å²) in [5.74, 6) is 0.872. The van der Waals surface area contributed by atoms with E-state index < -0.39 is 0 Å². The molecule has 1 aliphatic rings. The van der Waals surface area contributed by atoms with Crippen molar-refractivity contribution in [2.75, 3.05) is 32.4 Å². The van der Waals surface area contributed by atoms with Gasteiger partial charge in [0, 0.05) is 18.8 Å². The van der Waals surface area contributed by atoms with E-state index in [-0.39, 0.29) is 0 Å². The molecule has 1 fully saturated rings. The number of benzene rings is 1. The minimum absolute atomic E-state index is 0.850. The van der Waals surface area contributed by atoms with E-state index in [9.17, 15) is 0 Å². The molecule has 0 saturated carbocycles. The second kappa shape index (κ2) is 6.76. The molecule has 1 aliphatic heterocycles. The van der Waals surface area contributed by atoms with Crippen molar-refractivity contribution in [2.24, 2.45) is 5.92 Å². The summed E-state index contributed by atoms with van der Waals surface area (Å²) in [5.41, 5.74) is 7.89. The van der Waals surface area contributed by atoms with Crippen LogP contribution >= 0.6 is 0 Å². The highest BCUT2D eigenvalue weighted by molar-refractivity contribution is 5.40. The third kappa shape index (κ3) is 4.31. The first kappa shape index (κ1) is 13.4. The molecule has 1 heterocycles. The average molecular weight is 247 g/mol. The maximum absolute atomic E-state index is 5.76. The largest absolute Gasteiger partial charge is 0.399 e. The Morgan fingerprint density at radius 3 is 3.11 bits per heavy atom. The van der Waals surface area contributed by atoms with Crippen molar-refractivity contribution < 1.29 is 0 Å². The van der Waals surface area contributed by atoms with Crippen LogP contribution in [-0.2, 0) is 6.54 Å². The highest BCUT2D eigenvalue weighted by atomic mass is 15.1. The maximum atomic E-state index is 5.76. The summed E-state index contributed by atoms with van der Waals surface area (Å²) in [6, 6.07) is 8.11. The summed E-state index contributed by atoms with van der Waals surface area (Å²) in [4.78, 5) is 2.45. The van der Waals surface area contributed by atoms with Crippen LogP contribution in [0.2, 0.25) is 0 Å². The molecule has 1 aromatic rings. The van der Waals surface area contributed by atoms with E-state index >= 15 is 0 Å². The van der Waals surface area contributed by atoms with E-state index in [0.29, 0.717) is 0 Å². The number of likely N-dealkylation sites (tertiary alicyclic amines) is 1. The summed E-state index contributed by atoms with van der Waals surface area (Å²) in [7, 11) is 2.23. The fourth-order valence-electron chi connectivity index (χ4n) is 2.75. The Labute approximate surface area is 110 Å². The first-order valence-corrected chi connectivity index (χ1v) is 6.98. The van der Waals surface area contributed by atoms with Crippen LogP contribution in [0, 0.1) is 5.92 Å². The van der Waals surface area contributed by atoms with Gasteiger partial charge in [-0.1, -0.05) is 12.1 Å². The normalized spacial score (nSPS) is 21.1. The van der Waals surface area contributed by atoms with Crippen LogP contribution in [0.4, 0.5) is 5.69 Å². The fraction of sp³-hybridized carbons (Fsp3) is 0.600. The molecule has 0 aromatic heterocycles. The lowest BCUT2D eigenvalue weighted by Gasteiger charge is -2.29. The number of nitrogen functional groups attached to an aromatic ring is 1. The highest BCUT2D eigenvalue weighted by Gasteiger charge is 2.16. The number of nitrogens with one attached hydrogen (secondary N) is 1. The summed E-state index contributed by atoms with van der Waals surface area (Å²) in [5, 5.41) is 3.52. The van der Waals surface area contributed by atoms with Crippen molar-refractivity contribution in [1.29, 1.82) is 0 Å². The molecule has 1 aromatic carbocycles. The molecule has 1 saturated heterocycles. The van der Waals surface area contributed by atoms with Gasteiger partial charge in [0.2, 0.25) is 0 Å². The lowest BCUT2D eigenvalue weighted by Crippen LogP contribution is -2.33. The number of nitrogens with zero attached hydrogens (tertiary/aromatic N) is 1. The van der Waals surface area contributed by atoms with Gasteiger partial charge in [-0.05, 0) is 63.0 Å². The smallest absolute Gasteiger partial charge is 0.0317 e. The third-order valence-electron chi connectivity index (χ3n) is 3.73. The zero-order valence-electron chi connectivity index (χ0n) is 11.4. The molecule has 2 rings (SSSR count). The van der Waals surface area contributed by atoms with Gasteiger partial charge in [-0.2, -0.15) is 0 Å². The van der Waals surface area contributed by atoms with E-state index in [1.54, 1.807) is 0 Å². The Morgan fingerprint density at radius 1 is 1.44 bits per heavy atom. The van der Waals surface area contributed by atoms with Gasteiger partial charge in [-0.15, -0.1) is 0 Å². The van der Waals surface area contributed by atoms with Crippen molar-refractivity contribution in [3.63, 3.8) is 0 Å². The van der Waals surface area contributed by atoms with Gasteiger partial charge in [0.25, 0.3) is 0 Å². The lowest BCUT2D eigenvalue weighted by molar-refractivity contribution is 0.201. The van der Waals surface area contributed by atoms with Gasteiger partial charge >= 0.3 is 0 Å². The average Bonchev–Trinajstić information content (AvgIpc) is 2.35. The molecule has 100 valence electrons. The molecule has 0 amide bonds. The number of nitrogens with two attached hydrogens (primary N) is 1. The van der Waals surface area contributed by atoms with Crippen LogP contribution < -0.4 is 11.1 Å². The molecule has 18 heavy (non-hydrogen) atoms. The zero-order chi connectivity index (χ0) is 12.8. The van der Waals surface area contributed by atoms with Gasteiger partial charge in [-0.3, -0.25) is 0 Å². The first-order chi connectivity index (χ1) is 8.74. The lowest BCUT2D eigenvalue weighted by atomic mass is 9.95.